The van der Waals surface area contributed by atoms with Crippen molar-refractivity contribution >= 4 is 5.71 Å². The Hall–Kier alpha value is -0.530. The molecule has 0 unspecified atom stereocenters. The van der Waals surface area contributed by atoms with E-state index in [-0.39, 0.29) is 11.1 Å². The van der Waals surface area contributed by atoms with E-state index >= 15 is 0 Å². The molecule has 0 amide bonds. The van der Waals surface area contributed by atoms with Gasteiger partial charge in [0.2, 0.25) is 0 Å². The zero-order chi connectivity index (χ0) is 11.0. The maximum absolute atomic E-state index is 4.69. The summed E-state index contributed by atoms with van der Waals surface area (Å²) < 4.78 is 0. The first-order valence-electron chi connectivity index (χ1n) is 5.58. The third-order valence-corrected chi connectivity index (χ3v) is 3.02. The molecule has 0 aromatic carbocycles. The predicted molar refractivity (Wildman–Crippen MR) is 62.6 cm³/mol. The third kappa shape index (κ3) is 2.28. The topological polar surface area (TPSA) is 15.6 Å². The highest BCUT2D eigenvalue weighted by molar-refractivity contribution is 5.78. The van der Waals surface area contributed by atoms with E-state index in [2.05, 4.69) is 46.6 Å². The molecule has 1 fully saturated rings. The Morgan fingerprint density at radius 1 is 1.00 bits per heavy atom. The number of rotatable bonds is 1. The zero-order valence-electron chi connectivity index (χ0n) is 10.5. The quantitative estimate of drug-likeness (QED) is 0.587. The fourth-order valence-corrected chi connectivity index (χ4v) is 2.46. The van der Waals surface area contributed by atoms with Crippen LogP contribution < -0.4 is 0 Å². The van der Waals surface area contributed by atoms with Gasteiger partial charge in [0, 0.05) is 5.71 Å². The van der Waals surface area contributed by atoms with Crippen molar-refractivity contribution in [1.82, 2.24) is 5.01 Å². The molecule has 14 heavy (non-hydrogen) atoms. The molecule has 2 heteroatoms. The lowest BCUT2D eigenvalue weighted by Crippen LogP contribution is -2.55. The van der Waals surface area contributed by atoms with E-state index in [0.29, 0.717) is 0 Å². The Bertz CT molecular complexity index is 219. The molecule has 1 heterocycles. The van der Waals surface area contributed by atoms with Crippen LogP contribution >= 0.6 is 0 Å². The summed E-state index contributed by atoms with van der Waals surface area (Å²) in [6, 6.07) is 0. The van der Waals surface area contributed by atoms with Crippen molar-refractivity contribution in [2.45, 2.75) is 71.9 Å². The van der Waals surface area contributed by atoms with E-state index in [9.17, 15) is 0 Å². The first-order chi connectivity index (χ1) is 6.26. The largest absolute Gasteiger partial charge is 0.286 e. The van der Waals surface area contributed by atoms with Crippen molar-refractivity contribution in [3.8, 4) is 0 Å². The standard InChI is InChI=1S/C12H24N2/c1-10(2)13-14-11(3,4)8-7-9-12(14,5)6/h7-9H2,1-6H3. The van der Waals surface area contributed by atoms with Crippen LogP contribution in [0.2, 0.25) is 0 Å². The van der Waals surface area contributed by atoms with E-state index in [1.165, 1.54) is 19.3 Å². The molecule has 0 atom stereocenters. The summed E-state index contributed by atoms with van der Waals surface area (Å²) in [6.07, 6.45) is 3.80. The van der Waals surface area contributed by atoms with Crippen molar-refractivity contribution < 1.29 is 0 Å². The van der Waals surface area contributed by atoms with Gasteiger partial charge in [-0.2, -0.15) is 5.10 Å². The Labute approximate surface area is 88.4 Å². The summed E-state index contributed by atoms with van der Waals surface area (Å²) in [7, 11) is 0. The van der Waals surface area contributed by atoms with Crippen LogP contribution in [-0.4, -0.2) is 21.8 Å². The van der Waals surface area contributed by atoms with E-state index < -0.39 is 0 Å². The fourth-order valence-electron chi connectivity index (χ4n) is 2.46. The third-order valence-electron chi connectivity index (χ3n) is 3.02. The summed E-state index contributed by atoms with van der Waals surface area (Å²) in [5.74, 6) is 0. The van der Waals surface area contributed by atoms with Crippen LogP contribution in [0.5, 0.6) is 0 Å². The molecule has 0 radical (unpaired) electrons. The fraction of sp³-hybridized carbons (Fsp3) is 0.917. The van der Waals surface area contributed by atoms with E-state index in [1.807, 2.05) is 0 Å². The first-order valence-corrected chi connectivity index (χ1v) is 5.58. The van der Waals surface area contributed by atoms with E-state index in [0.717, 1.165) is 5.71 Å². The lowest BCUT2D eigenvalue weighted by Gasteiger charge is -2.51. The van der Waals surface area contributed by atoms with Gasteiger partial charge >= 0.3 is 0 Å². The summed E-state index contributed by atoms with van der Waals surface area (Å²) >= 11 is 0. The van der Waals surface area contributed by atoms with Crippen LogP contribution in [0.25, 0.3) is 0 Å². The molecule has 1 rings (SSSR count). The summed E-state index contributed by atoms with van der Waals surface area (Å²) in [6.45, 7) is 13.3. The van der Waals surface area contributed by atoms with Crippen LogP contribution in [0.4, 0.5) is 0 Å². The Morgan fingerprint density at radius 2 is 1.43 bits per heavy atom. The Balaban J connectivity index is 2.97. The van der Waals surface area contributed by atoms with Crippen molar-refractivity contribution in [3.63, 3.8) is 0 Å². The van der Waals surface area contributed by atoms with Crippen LogP contribution in [0.3, 0.4) is 0 Å². The average molecular weight is 196 g/mol. The van der Waals surface area contributed by atoms with Gasteiger partial charge in [-0.25, -0.2) is 0 Å². The Morgan fingerprint density at radius 3 is 1.79 bits per heavy atom. The molecule has 0 aromatic rings. The van der Waals surface area contributed by atoms with Gasteiger partial charge < -0.3 is 0 Å². The summed E-state index contributed by atoms with van der Waals surface area (Å²) in [5.41, 5.74) is 1.56. The summed E-state index contributed by atoms with van der Waals surface area (Å²) in [4.78, 5) is 0. The average Bonchev–Trinajstić information content (AvgIpc) is 1.96. The number of hydrogen-bond donors (Lipinski definition) is 0. The molecule has 0 bridgehead atoms. The predicted octanol–water partition coefficient (Wildman–Crippen LogP) is 3.43. The first kappa shape index (κ1) is 11.5. The second-order valence-electron chi connectivity index (χ2n) is 5.84. The second-order valence-corrected chi connectivity index (χ2v) is 5.84. The second kappa shape index (κ2) is 3.56. The van der Waals surface area contributed by atoms with Gasteiger partial charge in [0.25, 0.3) is 0 Å². The van der Waals surface area contributed by atoms with Crippen LogP contribution in [-0.2, 0) is 0 Å². The minimum atomic E-state index is 0.207. The van der Waals surface area contributed by atoms with E-state index in [1.54, 1.807) is 0 Å². The van der Waals surface area contributed by atoms with Crippen molar-refractivity contribution in [2.75, 3.05) is 0 Å². The highest BCUT2D eigenvalue weighted by atomic mass is 15.5. The molecule has 82 valence electrons. The zero-order valence-corrected chi connectivity index (χ0v) is 10.5. The van der Waals surface area contributed by atoms with Gasteiger partial charge in [0.1, 0.15) is 0 Å². The Kier molecular flexibility index (Phi) is 2.93. The van der Waals surface area contributed by atoms with Crippen LogP contribution in [0.1, 0.15) is 60.8 Å². The van der Waals surface area contributed by atoms with E-state index in [4.69, 9.17) is 5.10 Å². The molecule has 0 N–H and O–H groups in total. The smallest absolute Gasteiger partial charge is 0.0529 e. The molecule has 0 spiro atoms. The molecular weight excluding hydrogens is 172 g/mol. The van der Waals surface area contributed by atoms with Crippen molar-refractivity contribution in [1.29, 1.82) is 0 Å². The molecule has 0 aliphatic carbocycles. The maximum atomic E-state index is 4.69. The van der Waals surface area contributed by atoms with Crippen LogP contribution in [0.15, 0.2) is 5.10 Å². The van der Waals surface area contributed by atoms with Gasteiger partial charge in [-0.15, -0.1) is 0 Å². The highest BCUT2D eigenvalue weighted by Crippen LogP contribution is 2.38. The van der Waals surface area contributed by atoms with Gasteiger partial charge in [0.05, 0.1) is 11.1 Å². The molecule has 1 aliphatic heterocycles. The van der Waals surface area contributed by atoms with Crippen molar-refractivity contribution in [3.05, 3.63) is 0 Å². The SMILES string of the molecule is CC(C)=NN1C(C)(C)CCCC1(C)C. The number of piperidine rings is 1. The molecule has 1 aliphatic rings. The number of hydrazone groups is 1. The van der Waals surface area contributed by atoms with Crippen LogP contribution in [0, 0.1) is 0 Å². The maximum Gasteiger partial charge on any atom is 0.0529 e. The minimum absolute atomic E-state index is 0.207. The number of hydrogen-bond acceptors (Lipinski definition) is 2. The molecule has 1 saturated heterocycles. The summed E-state index contributed by atoms with van der Waals surface area (Å²) in [5, 5.41) is 7.00. The molecular formula is C12H24N2. The van der Waals surface area contributed by atoms with Gasteiger partial charge in [0.15, 0.2) is 0 Å². The minimum Gasteiger partial charge on any atom is -0.286 e. The van der Waals surface area contributed by atoms with Crippen molar-refractivity contribution in [2.24, 2.45) is 5.10 Å². The van der Waals surface area contributed by atoms with Gasteiger partial charge in [-0.05, 0) is 60.8 Å². The lowest BCUT2D eigenvalue weighted by atomic mass is 9.82. The van der Waals surface area contributed by atoms with Gasteiger partial charge in [-0.1, -0.05) is 0 Å². The molecule has 2 nitrogen and oxygen atoms in total. The number of nitrogens with zero attached hydrogens (tertiary/aromatic N) is 2. The molecule has 0 aromatic heterocycles. The lowest BCUT2D eigenvalue weighted by molar-refractivity contribution is -0.0247. The normalized spacial score (nSPS) is 24.6. The molecule has 0 saturated carbocycles. The highest BCUT2D eigenvalue weighted by Gasteiger charge is 2.40. The van der Waals surface area contributed by atoms with Gasteiger partial charge in [-0.3, -0.25) is 5.01 Å². The monoisotopic (exact) mass is 196 g/mol.